The number of nitrogens with one attached hydrogen (secondary N) is 1. The van der Waals surface area contributed by atoms with Crippen LogP contribution in [0.1, 0.15) is 36.8 Å². The minimum absolute atomic E-state index is 0.0326. The van der Waals surface area contributed by atoms with E-state index in [-0.39, 0.29) is 35.5 Å². The molecule has 0 spiro atoms. The zero-order chi connectivity index (χ0) is 35.6. The first-order valence-electron chi connectivity index (χ1n) is 17.1. The van der Waals surface area contributed by atoms with E-state index in [1.54, 1.807) is 42.5 Å². The number of hydrogen-bond acceptors (Lipinski definition) is 5. The lowest BCUT2D eigenvalue weighted by Gasteiger charge is -2.34. The minimum atomic E-state index is -4.22. The van der Waals surface area contributed by atoms with E-state index >= 15 is 0 Å². The van der Waals surface area contributed by atoms with Crippen LogP contribution in [0, 0.1) is 0 Å². The van der Waals surface area contributed by atoms with Crippen molar-refractivity contribution >= 4 is 43.5 Å². The summed E-state index contributed by atoms with van der Waals surface area (Å²) in [6, 6.07) is 40.2. The predicted molar refractivity (Wildman–Crippen MR) is 203 cm³/mol. The highest BCUT2D eigenvalue weighted by molar-refractivity contribution is 9.10. The Morgan fingerprint density at radius 2 is 1.33 bits per heavy atom. The number of benzene rings is 5. The molecular formula is C41H40BrN3O5S. The number of amides is 2. The molecule has 6 rings (SSSR count). The number of halogens is 1. The van der Waals surface area contributed by atoms with Gasteiger partial charge in [0, 0.05) is 23.5 Å². The van der Waals surface area contributed by atoms with Gasteiger partial charge in [-0.05, 0) is 84.6 Å². The second kappa shape index (κ2) is 16.9. The van der Waals surface area contributed by atoms with Gasteiger partial charge >= 0.3 is 0 Å². The van der Waals surface area contributed by atoms with Gasteiger partial charge in [0.25, 0.3) is 10.0 Å². The first-order valence-corrected chi connectivity index (χ1v) is 19.3. The summed E-state index contributed by atoms with van der Waals surface area (Å²) < 4.78 is 36.6. The van der Waals surface area contributed by atoms with Crippen molar-refractivity contribution in [2.24, 2.45) is 0 Å². The van der Waals surface area contributed by atoms with Crippen molar-refractivity contribution in [2.45, 2.75) is 55.6 Å². The molecule has 5 aromatic rings. The van der Waals surface area contributed by atoms with Crippen LogP contribution < -0.4 is 14.4 Å². The van der Waals surface area contributed by atoms with E-state index in [1.165, 1.54) is 17.0 Å². The van der Waals surface area contributed by atoms with Crippen molar-refractivity contribution in [3.63, 3.8) is 0 Å². The Labute approximate surface area is 308 Å². The smallest absolute Gasteiger partial charge is 0.264 e. The van der Waals surface area contributed by atoms with Gasteiger partial charge in [0.1, 0.15) is 24.1 Å². The third-order valence-corrected chi connectivity index (χ3v) is 11.2. The van der Waals surface area contributed by atoms with Gasteiger partial charge in [0.2, 0.25) is 11.8 Å². The number of para-hydroxylation sites is 1. The van der Waals surface area contributed by atoms with Crippen molar-refractivity contribution in [1.29, 1.82) is 0 Å². The molecule has 0 bridgehead atoms. The van der Waals surface area contributed by atoms with Crippen LogP contribution in [0.15, 0.2) is 149 Å². The number of sulfonamides is 1. The fourth-order valence-electron chi connectivity index (χ4n) is 6.31. The molecule has 2 amide bonds. The molecule has 262 valence electrons. The summed E-state index contributed by atoms with van der Waals surface area (Å²) in [5.41, 5.74) is 1.97. The summed E-state index contributed by atoms with van der Waals surface area (Å²) >= 11 is 3.54. The zero-order valence-electron chi connectivity index (χ0n) is 28.1. The molecule has 1 fully saturated rings. The highest BCUT2D eigenvalue weighted by Crippen LogP contribution is 2.29. The summed E-state index contributed by atoms with van der Waals surface area (Å²) in [5.74, 6) is 0.379. The Balaban J connectivity index is 1.38. The van der Waals surface area contributed by atoms with E-state index in [1.807, 2.05) is 84.9 Å². The second-order valence-electron chi connectivity index (χ2n) is 12.6. The van der Waals surface area contributed by atoms with Crippen molar-refractivity contribution < 1.29 is 22.7 Å². The number of hydrogen-bond donors (Lipinski definition) is 1. The molecule has 1 aliphatic rings. The van der Waals surface area contributed by atoms with Crippen LogP contribution in [0.25, 0.3) is 0 Å². The fourth-order valence-corrected chi connectivity index (χ4v) is 8.19. The Hall–Kier alpha value is -4.93. The van der Waals surface area contributed by atoms with Crippen molar-refractivity contribution in [1.82, 2.24) is 10.2 Å². The summed E-state index contributed by atoms with van der Waals surface area (Å²) in [6.45, 7) is -0.441. The third-order valence-electron chi connectivity index (χ3n) is 8.93. The quantitative estimate of drug-likeness (QED) is 0.123. The second-order valence-corrected chi connectivity index (χ2v) is 15.4. The van der Waals surface area contributed by atoms with Crippen LogP contribution in [0.4, 0.5) is 5.69 Å². The molecule has 0 unspecified atom stereocenters. The van der Waals surface area contributed by atoms with E-state index in [4.69, 9.17) is 4.74 Å². The SMILES string of the molecule is O=C(NC1CCCC1)[C@@H](Cc1ccccc1)N(Cc1cccc(Br)c1)C(=O)CN(c1ccc(Oc2ccccc2)cc1)S(=O)(=O)c1ccccc1. The maximum absolute atomic E-state index is 14.8. The first kappa shape index (κ1) is 35.9. The van der Waals surface area contributed by atoms with Gasteiger partial charge in [-0.25, -0.2) is 8.42 Å². The normalized spacial score (nSPS) is 13.7. The first-order chi connectivity index (χ1) is 24.8. The summed E-state index contributed by atoms with van der Waals surface area (Å²) in [6.07, 6.45) is 4.11. The van der Waals surface area contributed by atoms with E-state index in [2.05, 4.69) is 21.2 Å². The molecule has 0 saturated heterocycles. The van der Waals surface area contributed by atoms with Gasteiger partial charge in [0.15, 0.2) is 0 Å². The monoisotopic (exact) mass is 765 g/mol. The van der Waals surface area contributed by atoms with Gasteiger partial charge in [-0.3, -0.25) is 13.9 Å². The van der Waals surface area contributed by atoms with Crippen molar-refractivity contribution in [2.75, 3.05) is 10.8 Å². The molecule has 8 nitrogen and oxygen atoms in total. The lowest BCUT2D eigenvalue weighted by molar-refractivity contribution is -0.140. The van der Waals surface area contributed by atoms with Gasteiger partial charge in [-0.2, -0.15) is 0 Å². The molecule has 0 aliphatic heterocycles. The number of carbonyl (C=O) groups is 2. The van der Waals surface area contributed by atoms with E-state index < -0.39 is 28.5 Å². The van der Waals surface area contributed by atoms with Crippen LogP contribution in [-0.4, -0.2) is 43.8 Å². The topological polar surface area (TPSA) is 96.0 Å². The third kappa shape index (κ3) is 9.45. The van der Waals surface area contributed by atoms with E-state index in [0.717, 1.165) is 45.6 Å². The molecule has 1 atom stereocenters. The van der Waals surface area contributed by atoms with Gasteiger partial charge in [-0.15, -0.1) is 0 Å². The molecule has 1 N–H and O–H groups in total. The average Bonchev–Trinajstić information content (AvgIpc) is 3.66. The van der Waals surface area contributed by atoms with Crippen LogP contribution in [0.3, 0.4) is 0 Å². The lowest BCUT2D eigenvalue weighted by Crippen LogP contribution is -2.54. The van der Waals surface area contributed by atoms with Crippen LogP contribution in [0.2, 0.25) is 0 Å². The van der Waals surface area contributed by atoms with Crippen molar-refractivity contribution in [3.05, 3.63) is 155 Å². The number of rotatable bonds is 14. The lowest BCUT2D eigenvalue weighted by atomic mass is 10.0. The average molecular weight is 767 g/mol. The molecule has 10 heteroatoms. The molecule has 51 heavy (non-hydrogen) atoms. The maximum atomic E-state index is 14.8. The standard InChI is InChI=1S/C41H40BrN3O5S/c42-33-16-12-15-32(27-33)29-44(39(28-31-13-4-1-5-14-31)41(47)43-34-17-10-11-18-34)40(46)30-45(51(48,49)38-21-8-3-9-22-38)35-23-25-37(26-24-35)50-36-19-6-2-7-20-36/h1-9,12-16,19-27,34,39H,10-11,17-18,28-30H2,(H,43,47)/t39-/m1/s1. The number of nitrogens with zero attached hydrogens (tertiary/aromatic N) is 2. The van der Waals surface area contributed by atoms with Gasteiger partial charge < -0.3 is 15.0 Å². The van der Waals surface area contributed by atoms with Crippen molar-refractivity contribution in [3.8, 4) is 11.5 Å². The Morgan fingerprint density at radius 3 is 1.98 bits per heavy atom. The number of ether oxygens (including phenoxy) is 1. The summed E-state index contributed by atoms with van der Waals surface area (Å²) in [5, 5.41) is 3.21. The van der Waals surface area contributed by atoms with Crippen LogP contribution in [0.5, 0.6) is 11.5 Å². The minimum Gasteiger partial charge on any atom is -0.457 e. The summed E-state index contributed by atoms with van der Waals surface area (Å²) in [4.78, 5) is 30.6. The highest BCUT2D eigenvalue weighted by atomic mass is 79.9. The van der Waals surface area contributed by atoms with Gasteiger partial charge in [0.05, 0.1) is 10.6 Å². The molecular weight excluding hydrogens is 726 g/mol. The molecule has 0 aromatic heterocycles. The zero-order valence-corrected chi connectivity index (χ0v) is 30.5. The predicted octanol–water partition coefficient (Wildman–Crippen LogP) is 8.14. The molecule has 0 heterocycles. The Kier molecular flexibility index (Phi) is 11.9. The number of carbonyl (C=O) groups excluding carboxylic acids is 2. The molecule has 1 saturated carbocycles. The molecule has 0 radical (unpaired) electrons. The number of anilines is 1. The van der Waals surface area contributed by atoms with Gasteiger partial charge in [-0.1, -0.05) is 108 Å². The molecule has 5 aromatic carbocycles. The fraction of sp³-hybridized carbons (Fsp3) is 0.220. The maximum Gasteiger partial charge on any atom is 0.264 e. The van der Waals surface area contributed by atoms with E-state index in [0.29, 0.717) is 11.5 Å². The highest BCUT2D eigenvalue weighted by Gasteiger charge is 2.35. The van der Waals surface area contributed by atoms with E-state index in [9.17, 15) is 18.0 Å². The van der Waals surface area contributed by atoms with Crippen LogP contribution in [-0.2, 0) is 32.6 Å². The summed E-state index contributed by atoms with van der Waals surface area (Å²) in [7, 11) is -4.22. The molecule has 1 aliphatic carbocycles. The Morgan fingerprint density at radius 1 is 0.745 bits per heavy atom. The largest absolute Gasteiger partial charge is 0.457 e. The Bertz CT molecular complexity index is 2010. The van der Waals surface area contributed by atoms with Crippen LogP contribution >= 0.6 is 15.9 Å².